The third kappa shape index (κ3) is 2.21. The van der Waals surface area contributed by atoms with Crippen LogP contribution in [0.25, 0.3) is 11.3 Å². The van der Waals surface area contributed by atoms with Gasteiger partial charge in [0.05, 0.1) is 13.2 Å². The molecule has 0 radical (unpaired) electrons. The Labute approximate surface area is 149 Å². The summed E-state index contributed by atoms with van der Waals surface area (Å²) in [4.78, 5) is 14.2. The maximum atomic E-state index is 12.6. The lowest BCUT2D eigenvalue weighted by Crippen LogP contribution is -2.24. The minimum atomic E-state index is -0.416. The van der Waals surface area contributed by atoms with E-state index in [1.54, 1.807) is 48.3 Å². The smallest absolute Gasteiger partial charge is 0.272 e. The first kappa shape index (κ1) is 16.0. The molecular weight excluding hydrogens is 334 g/mol. The molecule has 0 spiro atoms. The normalized spacial score (nSPS) is 16.0. The van der Waals surface area contributed by atoms with E-state index in [1.807, 2.05) is 0 Å². The van der Waals surface area contributed by atoms with Gasteiger partial charge >= 0.3 is 0 Å². The number of aromatic amines is 1. The number of phenolic OH excluding ortho intramolecular Hbond substituents is 2. The van der Waals surface area contributed by atoms with Crippen LogP contribution in [0.4, 0.5) is 0 Å². The van der Waals surface area contributed by atoms with Crippen molar-refractivity contribution in [2.45, 2.75) is 6.04 Å². The molecule has 26 heavy (non-hydrogen) atoms. The maximum absolute atomic E-state index is 12.6. The van der Waals surface area contributed by atoms with Crippen LogP contribution in [-0.2, 0) is 0 Å². The zero-order chi connectivity index (χ0) is 18.4. The van der Waals surface area contributed by atoms with Crippen molar-refractivity contribution in [1.29, 1.82) is 0 Å². The Morgan fingerprint density at radius 3 is 2.65 bits per heavy atom. The summed E-state index contributed by atoms with van der Waals surface area (Å²) in [6.07, 6.45) is 0. The average Bonchev–Trinajstić information content (AvgIpc) is 3.16. The minimum absolute atomic E-state index is 0.0246. The fraction of sp³-hybridized carbons (Fsp3) is 0.158. The molecule has 132 valence electrons. The van der Waals surface area contributed by atoms with Crippen molar-refractivity contribution in [2.24, 2.45) is 0 Å². The molecule has 1 aliphatic rings. The highest BCUT2D eigenvalue weighted by Crippen LogP contribution is 2.44. The minimum Gasteiger partial charge on any atom is -0.507 e. The number of para-hydroxylation sites is 1. The number of nitrogens with zero attached hydrogens (tertiary/aromatic N) is 2. The molecule has 2 aromatic carbocycles. The molecule has 0 bridgehead atoms. The van der Waals surface area contributed by atoms with Gasteiger partial charge in [0.1, 0.15) is 17.1 Å². The number of hydrogen-bond donors (Lipinski definition) is 3. The number of carbonyl (C=O) groups is 1. The fourth-order valence-corrected chi connectivity index (χ4v) is 3.40. The van der Waals surface area contributed by atoms with Crippen molar-refractivity contribution < 1.29 is 19.7 Å². The van der Waals surface area contributed by atoms with Gasteiger partial charge in [0.15, 0.2) is 11.5 Å². The third-order valence-electron chi connectivity index (χ3n) is 4.68. The second kappa shape index (κ2) is 5.80. The van der Waals surface area contributed by atoms with Crippen LogP contribution in [0.2, 0.25) is 0 Å². The lowest BCUT2D eigenvalue weighted by atomic mass is 9.95. The highest BCUT2D eigenvalue weighted by molar-refractivity contribution is 6.00. The molecule has 3 aromatic rings. The van der Waals surface area contributed by atoms with Crippen molar-refractivity contribution in [3.05, 3.63) is 59.3 Å². The Bertz CT molecular complexity index is 1010. The number of nitrogens with one attached hydrogen (secondary N) is 1. The Kier molecular flexibility index (Phi) is 3.57. The number of carbonyl (C=O) groups excluding carboxylic acids is 1. The van der Waals surface area contributed by atoms with Crippen LogP contribution >= 0.6 is 0 Å². The van der Waals surface area contributed by atoms with Gasteiger partial charge in [-0.25, -0.2) is 0 Å². The molecule has 4 rings (SSSR count). The van der Waals surface area contributed by atoms with Crippen LogP contribution in [0.15, 0.2) is 42.5 Å². The second-order valence-electron chi connectivity index (χ2n) is 6.13. The molecule has 7 heteroatoms. The van der Waals surface area contributed by atoms with Crippen LogP contribution in [-0.4, -0.2) is 45.4 Å². The van der Waals surface area contributed by atoms with Crippen LogP contribution in [0.1, 0.15) is 27.7 Å². The molecule has 0 unspecified atom stereocenters. The molecular formula is C19H17N3O4. The third-order valence-corrected chi connectivity index (χ3v) is 4.68. The summed E-state index contributed by atoms with van der Waals surface area (Å²) in [5.74, 6) is 0.248. The predicted octanol–water partition coefficient (Wildman–Crippen LogP) is 2.67. The van der Waals surface area contributed by atoms with Gasteiger partial charge in [-0.2, -0.15) is 5.10 Å². The summed E-state index contributed by atoms with van der Waals surface area (Å²) in [6.45, 7) is 0. The highest BCUT2D eigenvalue weighted by atomic mass is 16.5. The first-order valence-corrected chi connectivity index (χ1v) is 8.03. The van der Waals surface area contributed by atoms with E-state index in [0.717, 1.165) is 5.56 Å². The Morgan fingerprint density at radius 2 is 1.92 bits per heavy atom. The molecule has 2 heterocycles. The molecule has 1 aromatic heterocycles. The van der Waals surface area contributed by atoms with E-state index in [-0.39, 0.29) is 17.4 Å². The van der Waals surface area contributed by atoms with Crippen LogP contribution < -0.4 is 4.74 Å². The largest absolute Gasteiger partial charge is 0.507 e. The standard InChI is InChI=1S/C19H17N3O4/c1-22-18(10-7-8-13(24)14(9-10)26-2)15-16(20-21-17(15)19(22)25)11-5-3-4-6-12(11)23/h3-9,18,23-24H,1-2H3,(H,20,21)/t18-/m0/s1. The number of hydrogen-bond acceptors (Lipinski definition) is 5. The molecule has 1 atom stereocenters. The molecule has 0 saturated carbocycles. The Morgan fingerprint density at radius 1 is 1.15 bits per heavy atom. The van der Waals surface area contributed by atoms with E-state index in [2.05, 4.69) is 10.2 Å². The first-order valence-electron chi connectivity index (χ1n) is 8.03. The number of aromatic nitrogens is 2. The van der Waals surface area contributed by atoms with Gasteiger partial charge in [0, 0.05) is 18.2 Å². The predicted molar refractivity (Wildman–Crippen MR) is 94.3 cm³/mol. The quantitative estimate of drug-likeness (QED) is 0.674. The maximum Gasteiger partial charge on any atom is 0.272 e. The van der Waals surface area contributed by atoms with Gasteiger partial charge in [-0.05, 0) is 29.8 Å². The number of ether oxygens (including phenoxy) is 1. The van der Waals surface area contributed by atoms with Gasteiger partial charge < -0.3 is 19.8 Å². The molecule has 0 saturated heterocycles. The molecule has 0 aliphatic carbocycles. The molecule has 7 nitrogen and oxygen atoms in total. The number of benzene rings is 2. The lowest BCUT2D eigenvalue weighted by molar-refractivity contribution is 0.0787. The average molecular weight is 351 g/mol. The molecule has 3 N–H and O–H groups in total. The number of H-pyrrole nitrogens is 1. The highest BCUT2D eigenvalue weighted by Gasteiger charge is 2.40. The number of methoxy groups -OCH3 is 1. The number of rotatable bonds is 3. The molecule has 0 fully saturated rings. The van der Waals surface area contributed by atoms with Crippen molar-refractivity contribution >= 4 is 5.91 Å². The van der Waals surface area contributed by atoms with Crippen LogP contribution in [0.5, 0.6) is 17.2 Å². The zero-order valence-electron chi connectivity index (χ0n) is 14.2. The topological polar surface area (TPSA) is 98.7 Å². The second-order valence-corrected chi connectivity index (χ2v) is 6.13. The van der Waals surface area contributed by atoms with Gasteiger partial charge in [-0.1, -0.05) is 18.2 Å². The molecule has 1 aliphatic heterocycles. The number of amides is 1. The lowest BCUT2D eigenvalue weighted by Gasteiger charge is -2.22. The van der Waals surface area contributed by atoms with Crippen molar-refractivity contribution in [3.63, 3.8) is 0 Å². The first-order chi connectivity index (χ1) is 12.5. The zero-order valence-corrected chi connectivity index (χ0v) is 14.2. The number of aromatic hydroxyl groups is 2. The van der Waals surface area contributed by atoms with Gasteiger partial charge in [0.25, 0.3) is 5.91 Å². The fourth-order valence-electron chi connectivity index (χ4n) is 3.40. The summed E-state index contributed by atoms with van der Waals surface area (Å²) in [5, 5.41) is 27.2. The monoisotopic (exact) mass is 351 g/mol. The van der Waals surface area contributed by atoms with Crippen LogP contribution in [0.3, 0.4) is 0 Å². The summed E-state index contributed by atoms with van der Waals surface area (Å²) >= 11 is 0. The van der Waals surface area contributed by atoms with E-state index in [0.29, 0.717) is 28.3 Å². The van der Waals surface area contributed by atoms with Gasteiger partial charge in [-0.3, -0.25) is 9.89 Å². The number of phenols is 2. The summed E-state index contributed by atoms with van der Waals surface area (Å²) in [6, 6.07) is 11.4. The van der Waals surface area contributed by atoms with Crippen LogP contribution in [0, 0.1) is 0 Å². The summed E-state index contributed by atoms with van der Waals surface area (Å²) < 4.78 is 5.19. The van der Waals surface area contributed by atoms with E-state index in [1.165, 1.54) is 13.2 Å². The van der Waals surface area contributed by atoms with E-state index in [9.17, 15) is 15.0 Å². The van der Waals surface area contributed by atoms with Gasteiger partial charge in [0.2, 0.25) is 0 Å². The SMILES string of the molecule is COc1cc([C@H]2c3c(-c4ccccc4O)n[nH]c3C(=O)N2C)ccc1O. The Balaban J connectivity index is 1.92. The van der Waals surface area contributed by atoms with E-state index < -0.39 is 6.04 Å². The van der Waals surface area contributed by atoms with Crippen molar-refractivity contribution in [2.75, 3.05) is 14.2 Å². The van der Waals surface area contributed by atoms with E-state index >= 15 is 0 Å². The Hall–Kier alpha value is -3.48. The van der Waals surface area contributed by atoms with E-state index in [4.69, 9.17) is 4.74 Å². The molecule has 1 amide bonds. The van der Waals surface area contributed by atoms with Crippen molar-refractivity contribution in [3.8, 4) is 28.5 Å². The summed E-state index contributed by atoms with van der Waals surface area (Å²) in [5.41, 5.74) is 2.92. The van der Waals surface area contributed by atoms with Gasteiger partial charge in [-0.15, -0.1) is 0 Å². The summed E-state index contributed by atoms with van der Waals surface area (Å²) in [7, 11) is 3.17. The number of fused-ring (bicyclic) bond motifs is 1. The van der Waals surface area contributed by atoms with Crippen molar-refractivity contribution in [1.82, 2.24) is 15.1 Å².